The second kappa shape index (κ2) is 6.47. The Kier molecular flexibility index (Phi) is 4.48. The van der Waals surface area contributed by atoms with Crippen LogP contribution in [0.3, 0.4) is 0 Å². The maximum atomic E-state index is 12.9. The zero-order valence-corrected chi connectivity index (χ0v) is 16.8. The molecular weight excluding hydrogens is 344 g/mol. The molecule has 0 unspecified atom stereocenters. The van der Waals surface area contributed by atoms with Gasteiger partial charge in [0.25, 0.3) is 0 Å². The van der Waals surface area contributed by atoms with Gasteiger partial charge in [-0.2, -0.15) is 0 Å². The number of hydrogen-bond acceptors (Lipinski definition) is 5. The molecule has 0 radical (unpaired) electrons. The lowest BCUT2D eigenvalue weighted by atomic mass is 9.90. The van der Waals surface area contributed by atoms with E-state index in [-0.39, 0.29) is 36.4 Å². The van der Waals surface area contributed by atoms with Gasteiger partial charge in [0.1, 0.15) is 17.8 Å². The van der Waals surface area contributed by atoms with E-state index in [1.54, 1.807) is 0 Å². The Morgan fingerprint density at radius 3 is 2.56 bits per heavy atom. The van der Waals surface area contributed by atoms with Crippen LogP contribution in [0.2, 0.25) is 0 Å². The van der Waals surface area contributed by atoms with Gasteiger partial charge < -0.3 is 19.5 Å². The van der Waals surface area contributed by atoms with Crippen LogP contribution in [0, 0.1) is 0 Å². The average molecular weight is 374 g/mol. The summed E-state index contributed by atoms with van der Waals surface area (Å²) in [7, 11) is 0. The summed E-state index contributed by atoms with van der Waals surface area (Å²) in [5, 5.41) is 3.63. The van der Waals surface area contributed by atoms with E-state index in [1.165, 1.54) is 5.56 Å². The molecule has 6 heteroatoms. The summed E-state index contributed by atoms with van der Waals surface area (Å²) in [6.07, 6.45) is 0.352. The van der Waals surface area contributed by atoms with E-state index in [0.29, 0.717) is 0 Å². The highest BCUT2D eigenvalue weighted by molar-refractivity contribution is 5.71. The van der Waals surface area contributed by atoms with E-state index < -0.39 is 11.4 Å². The summed E-state index contributed by atoms with van der Waals surface area (Å²) in [6, 6.07) is 10.3. The molecule has 1 N–H and O–H groups in total. The summed E-state index contributed by atoms with van der Waals surface area (Å²) in [5.74, 6) is -0.611. The molecule has 1 aromatic carbocycles. The number of carbonyl (C=O) groups excluding carboxylic acids is 1. The Labute approximate surface area is 161 Å². The van der Waals surface area contributed by atoms with Crippen molar-refractivity contribution in [2.45, 2.75) is 89.3 Å². The van der Waals surface area contributed by atoms with Gasteiger partial charge in [-0.1, -0.05) is 30.3 Å². The lowest BCUT2D eigenvalue weighted by molar-refractivity contribution is -0.162. The molecule has 4 rings (SSSR count). The predicted octanol–water partition coefficient (Wildman–Crippen LogP) is 3.06. The average Bonchev–Trinajstić information content (AvgIpc) is 3.17. The molecular formula is C21H30N2O4. The summed E-state index contributed by atoms with van der Waals surface area (Å²) in [6.45, 7) is 10.3. The number of carbonyl (C=O) groups is 1. The summed E-state index contributed by atoms with van der Waals surface area (Å²) in [5.41, 5.74) is 0.701. The first kappa shape index (κ1) is 18.7. The van der Waals surface area contributed by atoms with Crippen LogP contribution in [0.4, 0.5) is 4.79 Å². The molecule has 27 heavy (non-hydrogen) atoms. The fraction of sp³-hybridized carbons (Fsp3) is 0.667. The van der Waals surface area contributed by atoms with Crippen molar-refractivity contribution in [1.82, 2.24) is 10.2 Å². The number of benzene rings is 1. The second-order valence-electron chi connectivity index (χ2n) is 9.22. The topological polar surface area (TPSA) is 60.0 Å². The lowest BCUT2D eigenvalue weighted by Crippen LogP contribution is -2.51. The third kappa shape index (κ3) is 3.58. The molecule has 3 saturated heterocycles. The molecule has 148 valence electrons. The molecule has 3 aliphatic rings. The zero-order chi connectivity index (χ0) is 19.4. The summed E-state index contributed by atoms with van der Waals surface area (Å²) in [4.78, 5) is 14.8. The molecule has 3 heterocycles. The second-order valence-corrected chi connectivity index (χ2v) is 9.22. The van der Waals surface area contributed by atoms with E-state index in [9.17, 15) is 4.79 Å². The van der Waals surface area contributed by atoms with E-state index >= 15 is 0 Å². The van der Waals surface area contributed by atoms with Gasteiger partial charge in [-0.25, -0.2) is 4.79 Å². The third-order valence-corrected chi connectivity index (χ3v) is 5.48. The van der Waals surface area contributed by atoms with Gasteiger partial charge in [0.05, 0.1) is 12.1 Å². The molecule has 5 atom stereocenters. The van der Waals surface area contributed by atoms with E-state index in [2.05, 4.69) is 17.4 Å². The molecule has 0 saturated carbocycles. The highest BCUT2D eigenvalue weighted by Gasteiger charge is 2.66. The fourth-order valence-corrected chi connectivity index (χ4v) is 4.61. The van der Waals surface area contributed by atoms with Crippen LogP contribution in [-0.2, 0) is 20.8 Å². The van der Waals surface area contributed by atoms with Gasteiger partial charge in [0.2, 0.25) is 0 Å². The Morgan fingerprint density at radius 2 is 1.89 bits per heavy atom. The predicted molar refractivity (Wildman–Crippen MR) is 101 cm³/mol. The first-order valence-corrected chi connectivity index (χ1v) is 9.79. The van der Waals surface area contributed by atoms with Crippen LogP contribution in [0.5, 0.6) is 0 Å². The van der Waals surface area contributed by atoms with E-state index in [1.807, 2.05) is 57.7 Å². The molecule has 2 bridgehead atoms. The third-order valence-electron chi connectivity index (χ3n) is 5.48. The zero-order valence-electron chi connectivity index (χ0n) is 16.8. The van der Waals surface area contributed by atoms with Gasteiger partial charge in [0.15, 0.2) is 5.79 Å². The van der Waals surface area contributed by atoms with Crippen molar-refractivity contribution < 1.29 is 19.0 Å². The molecule has 0 spiro atoms. The number of ether oxygens (including phenoxy) is 3. The smallest absolute Gasteiger partial charge is 0.411 e. The van der Waals surface area contributed by atoms with Crippen LogP contribution in [0.15, 0.2) is 30.3 Å². The van der Waals surface area contributed by atoms with Crippen molar-refractivity contribution in [3.63, 3.8) is 0 Å². The number of nitrogens with zero attached hydrogens (tertiary/aromatic N) is 1. The van der Waals surface area contributed by atoms with Crippen molar-refractivity contribution in [2.24, 2.45) is 0 Å². The number of fused-ring (bicyclic) bond motifs is 5. The minimum absolute atomic E-state index is 0.0232. The maximum Gasteiger partial charge on any atom is 0.411 e. The van der Waals surface area contributed by atoms with Gasteiger partial charge in [-0.15, -0.1) is 0 Å². The SMILES string of the molecule is CC(C)(C)OC(=O)N1[C@@H]2[C@@H]3OC(C)(C)O[C@@H]3[C@H]1C[C@@H]2NCc1ccccc1. The van der Waals surface area contributed by atoms with E-state index in [4.69, 9.17) is 14.2 Å². The molecule has 1 aromatic rings. The lowest BCUT2D eigenvalue weighted by Gasteiger charge is -2.31. The highest BCUT2D eigenvalue weighted by Crippen LogP contribution is 2.48. The van der Waals surface area contributed by atoms with Gasteiger partial charge >= 0.3 is 6.09 Å². The molecule has 6 nitrogen and oxygen atoms in total. The standard InChI is InChI=1S/C21H30N2O4/c1-20(2,3)27-19(24)23-15-11-14(22-12-13-9-7-6-8-10-13)16(23)18-17(15)25-21(4,5)26-18/h6-10,14-18,22H,11-12H2,1-5H3/t14-,15+,16-,17+,18-/m0/s1. The van der Waals surface area contributed by atoms with Crippen LogP contribution in [0.25, 0.3) is 0 Å². The number of rotatable bonds is 3. The van der Waals surface area contributed by atoms with Crippen LogP contribution in [0.1, 0.15) is 46.6 Å². The number of nitrogens with one attached hydrogen (secondary N) is 1. The first-order chi connectivity index (χ1) is 12.6. The molecule has 1 amide bonds. The Balaban J connectivity index is 1.52. The van der Waals surface area contributed by atoms with E-state index in [0.717, 1.165) is 13.0 Å². The Bertz CT molecular complexity index is 700. The number of amides is 1. The molecule has 3 aliphatic heterocycles. The minimum atomic E-state index is -0.611. The van der Waals surface area contributed by atoms with Gasteiger partial charge in [-0.05, 0) is 46.6 Å². The van der Waals surface area contributed by atoms with Crippen molar-refractivity contribution in [3.05, 3.63) is 35.9 Å². The quantitative estimate of drug-likeness (QED) is 0.881. The first-order valence-electron chi connectivity index (χ1n) is 9.79. The Hall–Kier alpha value is -1.63. The van der Waals surface area contributed by atoms with Crippen LogP contribution in [-0.4, -0.2) is 52.7 Å². The normalized spacial score (nSPS) is 34.0. The molecule has 3 fully saturated rings. The van der Waals surface area contributed by atoms with Crippen molar-refractivity contribution >= 4 is 6.09 Å². The summed E-state index contributed by atoms with van der Waals surface area (Å²) < 4.78 is 18.0. The van der Waals surface area contributed by atoms with Gasteiger partial charge in [0, 0.05) is 12.6 Å². The largest absolute Gasteiger partial charge is 0.444 e. The van der Waals surface area contributed by atoms with Crippen molar-refractivity contribution in [1.29, 1.82) is 0 Å². The molecule has 0 aromatic heterocycles. The minimum Gasteiger partial charge on any atom is -0.444 e. The fourth-order valence-electron chi connectivity index (χ4n) is 4.61. The summed E-state index contributed by atoms with van der Waals surface area (Å²) >= 11 is 0. The van der Waals surface area contributed by atoms with Crippen molar-refractivity contribution in [2.75, 3.05) is 0 Å². The van der Waals surface area contributed by atoms with Crippen molar-refractivity contribution in [3.8, 4) is 0 Å². The maximum absolute atomic E-state index is 12.9. The monoisotopic (exact) mass is 374 g/mol. The van der Waals surface area contributed by atoms with Crippen LogP contribution < -0.4 is 5.32 Å². The Morgan fingerprint density at radius 1 is 1.22 bits per heavy atom. The van der Waals surface area contributed by atoms with Crippen LogP contribution >= 0.6 is 0 Å². The highest BCUT2D eigenvalue weighted by atomic mass is 16.8. The molecule has 0 aliphatic carbocycles. The van der Waals surface area contributed by atoms with Gasteiger partial charge in [-0.3, -0.25) is 4.90 Å². The number of hydrogen-bond donors (Lipinski definition) is 1.